The molecule has 0 aliphatic heterocycles. The van der Waals surface area contributed by atoms with Gasteiger partial charge in [0.1, 0.15) is 11.6 Å². The van der Waals surface area contributed by atoms with E-state index < -0.39 is 60.3 Å². The summed E-state index contributed by atoms with van der Waals surface area (Å²) < 4.78 is 11.4. The van der Waals surface area contributed by atoms with Gasteiger partial charge < -0.3 is 19.8 Å². The van der Waals surface area contributed by atoms with Gasteiger partial charge in [-0.3, -0.25) is 9.59 Å². The quantitative estimate of drug-likeness (QED) is 0.335. The van der Waals surface area contributed by atoms with Crippen molar-refractivity contribution < 1.29 is 55.3 Å². The summed E-state index contributed by atoms with van der Waals surface area (Å²) in [6, 6.07) is 0. The zero-order valence-electron chi connectivity index (χ0n) is 19.3. The van der Waals surface area contributed by atoms with Crippen molar-refractivity contribution >= 4 is 40.1 Å². The third-order valence-corrected chi connectivity index (χ3v) is 11.0. The van der Waals surface area contributed by atoms with Crippen molar-refractivity contribution in [3.8, 4) is 0 Å². The van der Waals surface area contributed by atoms with Crippen LogP contribution in [0.1, 0.15) is 40.5 Å². The van der Waals surface area contributed by atoms with Crippen molar-refractivity contribution in [2.24, 2.45) is 11.8 Å². The molecule has 0 fully saturated rings. The Morgan fingerprint density at radius 1 is 0.724 bits per heavy atom. The SMILES string of the molecule is CCC(C(C)=O)C(=O)[O-].CCC(C(C)=O)C(=O)[O-].C[Si](C)(C)[O][Ti+2][O][Si](C)(C)C. The second kappa shape index (κ2) is 16.1. The number of ketones is 2. The third-order valence-electron chi connectivity index (χ3n) is 3.06. The molecule has 29 heavy (non-hydrogen) atoms. The van der Waals surface area contributed by atoms with Crippen LogP contribution in [-0.2, 0) is 45.1 Å². The Labute approximate surface area is 186 Å². The van der Waals surface area contributed by atoms with Crippen LogP contribution in [0, 0.1) is 11.8 Å². The zero-order valence-corrected chi connectivity index (χ0v) is 22.9. The molecule has 168 valence electrons. The maximum absolute atomic E-state index is 10.4. The van der Waals surface area contributed by atoms with Crippen LogP contribution in [0.25, 0.3) is 0 Å². The molecule has 0 bridgehead atoms. The van der Waals surface area contributed by atoms with Crippen LogP contribution in [0.5, 0.6) is 0 Å². The molecule has 0 saturated carbocycles. The van der Waals surface area contributed by atoms with E-state index in [0.29, 0.717) is 12.8 Å². The van der Waals surface area contributed by atoms with Gasteiger partial charge in [-0.25, -0.2) is 0 Å². The molecule has 0 saturated heterocycles. The Hall–Kier alpha value is -0.652. The van der Waals surface area contributed by atoms with Crippen molar-refractivity contribution in [2.75, 3.05) is 0 Å². The van der Waals surface area contributed by atoms with E-state index in [1.165, 1.54) is 13.8 Å². The normalized spacial score (nSPS) is 12.8. The number of carbonyl (C=O) groups excluding carboxylic acids is 4. The molecule has 2 unspecified atom stereocenters. The summed E-state index contributed by atoms with van der Waals surface area (Å²) in [7, 11) is -2.61. The van der Waals surface area contributed by atoms with E-state index in [0.717, 1.165) is 0 Å². The molecule has 8 nitrogen and oxygen atoms in total. The minimum absolute atomic E-state index is 0.317. The number of carbonyl (C=O) groups is 4. The maximum atomic E-state index is 10.4. The second-order valence-corrected chi connectivity index (χ2v) is 19.3. The van der Waals surface area contributed by atoms with Crippen LogP contribution in [0.15, 0.2) is 0 Å². The summed E-state index contributed by atoms with van der Waals surface area (Å²) in [5.74, 6) is -5.04. The predicted octanol–water partition coefficient (Wildman–Crippen LogP) is 1.30. The minimum atomic E-state index is -1.30. The molecule has 11 heteroatoms. The zero-order chi connectivity index (χ0) is 24.0. The van der Waals surface area contributed by atoms with Gasteiger partial charge in [-0.15, -0.1) is 0 Å². The molecule has 0 aliphatic carbocycles. The predicted molar refractivity (Wildman–Crippen MR) is 108 cm³/mol. The first-order valence-corrected chi connectivity index (χ1v) is 17.5. The Bertz CT molecular complexity index is 453. The molecule has 0 aromatic heterocycles. The first-order valence-electron chi connectivity index (χ1n) is 9.43. The van der Waals surface area contributed by atoms with Crippen LogP contribution in [0.2, 0.25) is 39.3 Å². The average molecular weight is 485 g/mol. The monoisotopic (exact) mass is 484 g/mol. The fourth-order valence-electron chi connectivity index (χ4n) is 1.51. The Morgan fingerprint density at radius 2 is 0.966 bits per heavy atom. The van der Waals surface area contributed by atoms with E-state index in [-0.39, 0.29) is 11.6 Å². The first-order chi connectivity index (χ1) is 12.9. The van der Waals surface area contributed by atoms with Crippen LogP contribution in [0.4, 0.5) is 0 Å². The number of rotatable bonds is 10. The summed E-state index contributed by atoms with van der Waals surface area (Å²) in [6.07, 6.45) is 0.634. The summed E-state index contributed by atoms with van der Waals surface area (Å²) >= 11 is -0.557. The molecule has 0 amide bonds. The topological polar surface area (TPSA) is 133 Å². The van der Waals surface area contributed by atoms with Crippen LogP contribution < -0.4 is 10.2 Å². The molecule has 0 N–H and O–H groups in total. The Morgan fingerprint density at radius 3 is 1.03 bits per heavy atom. The van der Waals surface area contributed by atoms with Gasteiger partial charge in [-0.1, -0.05) is 13.8 Å². The molecular weight excluding hydrogens is 448 g/mol. The van der Waals surface area contributed by atoms with Crippen molar-refractivity contribution in [2.45, 2.75) is 79.8 Å². The third kappa shape index (κ3) is 23.5. The molecule has 0 aliphatic rings. The van der Waals surface area contributed by atoms with Crippen molar-refractivity contribution in [1.82, 2.24) is 0 Å². The van der Waals surface area contributed by atoms with Crippen molar-refractivity contribution in [3.63, 3.8) is 0 Å². The first kappa shape index (κ1) is 33.0. The summed E-state index contributed by atoms with van der Waals surface area (Å²) in [6.45, 7) is 19.0. The van der Waals surface area contributed by atoms with Crippen LogP contribution >= 0.6 is 0 Å². The van der Waals surface area contributed by atoms with Gasteiger partial charge in [0.2, 0.25) is 0 Å². The standard InChI is InChI=1S/2C6H10O3.2C3H9OSi.Ti/c2*1-3-5(4(2)7)6(8)9;2*1-5(2,3)4;/h2*5H,3H2,1-2H3,(H,8,9);2*1-3H3;/q;;2*-1;+4/p-2. The number of Topliss-reactive ketones (excluding diaryl/α,β-unsaturated/α-hetero) is 2. The van der Waals surface area contributed by atoms with E-state index in [1.807, 2.05) is 0 Å². The van der Waals surface area contributed by atoms with Gasteiger partial charge in [-0.2, -0.15) is 0 Å². The summed E-state index contributed by atoms with van der Waals surface area (Å²) in [5.41, 5.74) is 0. The molecule has 0 radical (unpaired) electrons. The van der Waals surface area contributed by atoms with Crippen molar-refractivity contribution in [1.29, 1.82) is 0 Å². The van der Waals surface area contributed by atoms with Gasteiger partial charge in [-0.05, 0) is 26.7 Å². The van der Waals surface area contributed by atoms with Gasteiger partial charge in [0.05, 0.1) is 23.8 Å². The Kier molecular flexibility index (Phi) is 18.3. The van der Waals surface area contributed by atoms with Crippen LogP contribution in [0.3, 0.4) is 0 Å². The van der Waals surface area contributed by atoms with Gasteiger partial charge in [0.25, 0.3) is 0 Å². The fraction of sp³-hybridized carbons (Fsp3) is 0.778. The van der Waals surface area contributed by atoms with E-state index in [2.05, 4.69) is 39.3 Å². The number of carboxylic acid groups (broad SMARTS) is 2. The number of hydrogen-bond donors (Lipinski definition) is 0. The molecule has 0 aromatic rings. The molecule has 0 rings (SSSR count). The fourth-order valence-corrected chi connectivity index (χ4v) is 5.11. The molecule has 0 aromatic carbocycles. The van der Waals surface area contributed by atoms with E-state index in [9.17, 15) is 29.4 Å². The van der Waals surface area contributed by atoms with E-state index >= 15 is 0 Å². The number of carboxylic acids is 2. The van der Waals surface area contributed by atoms with Gasteiger partial charge >= 0.3 is 81.9 Å². The van der Waals surface area contributed by atoms with E-state index in [1.54, 1.807) is 13.8 Å². The molecule has 2 atom stereocenters. The Balaban J connectivity index is -0.000000352. The van der Waals surface area contributed by atoms with Gasteiger partial charge in [0.15, 0.2) is 0 Å². The second-order valence-electron chi connectivity index (χ2n) is 8.29. The number of aliphatic carboxylic acids is 2. The average Bonchev–Trinajstić information content (AvgIpc) is 2.45. The van der Waals surface area contributed by atoms with Gasteiger partial charge in [0, 0.05) is 0 Å². The summed E-state index contributed by atoms with van der Waals surface area (Å²) in [5, 5.41) is 20.1. The summed E-state index contributed by atoms with van der Waals surface area (Å²) in [4.78, 5) is 40.9. The van der Waals surface area contributed by atoms with Crippen molar-refractivity contribution in [3.05, 3.63) is 0 Å². The van der Waals surface area contributed by atoms with E-state index in [4.69, 9.17) is 6.02 Å². The molecule has 0 spiro atoms. The number of hydrogen-bond acceptors (Lipinski definition) is 8. The van der Waals surface area contributed by atoms with Crippen LogP contribution in [-0.4, -0.2) is 40.1 Å². The molecule has 0 heterocycles. The molecular formula is C18H36O8Si2Ti.